The summed E-state index contributed by atoms with van der Waals surface area (Å²) in [5.41, 5.74) is 1.27. The summed E-state index contributed by atoms with van der Waals surface area (Å²) in [5, 5.41) is 0. The van der Waals surface area contributed by atoms with Crippen molar-refractivity contribution < 1.29 is 26.7 Å². The molecule has 0 radical (unpaired) electrons. The summed E-state index contributed by atoms with van der Waals surface area (Å²) in [6, 6.07) is 12.3. The molecule has 9 heteroatoms. The second-order valence-corrected chi connectivity index (χ2v) is 8.23. The van der Waals surface area contributed by atoms with Gasteiger partial charge in [-0.1, -0.05) is 6.07 Å². The Balaban J connectivity index is 1.65. The molecule has 0 unspecified atom stereocenters. The van der Waals surface area contributed by atoms with Gasteiger partial charge in [-0.2, -0.15) is 8.78 Å². The van der Waals surface area contributed by atoms with Crippen molar-refractivity contribution >= 4 is 21.4 Å². The Labute approximate surface area is 162 Å². The molecule has 1 heterocycles. The third kappa shape index (κ3) is 4.09. The first kappa shape index (κ1) is 20.1. The first-order valence-electron chi connectivity index (χ1n) is 8.63. The zero-order chi connectivity index (χ0) is 20.3. The number of benzene rings is 2. The SMILES string of the molecule is COc1cccc(N2CCN(C(=O)c3ccc(S(=O)(=O)C(F)F)cc3)CC2)c1. The number of nitrogens with zero attached hydrogens (tertiary/aromatic N) is 2. The largest absolute Gasteiger partial charge is 0.497 e. The van der Waals surface area contributed by atoms with Crippen LogP contribution in [0.4, 0.5) is 14.5 Å². The van der Waals surface area contributed by atoms with E-state index in [1.165, 1.54) is 12.1 Å². The zero-order valence-electron chi connectivity index (χ0n) is 15.2. The van der Waals surface area contributed by atoms with Gasteiger partial charge in [0, 0.05) is 43.5 Å². The van der Waals surface area contributed by atoms with E-state index >= 15 is 0 Å². The highest BCUT2D eigenvalue weighted by molar-refractivity contribution is 7.91. The maximum Gasteiger partial charge on any atom is 0.341 e. The predicted molar refractivity (Wildman–Crippen MR) is 101 cm³/mol. The molecule has 0 aromatic heterocycles. The lowest BCUT2D eigenvalue weighted by molar-refractivity contribution is 0.0746. The fourth-order valence-corrected chi connectivity index (χ4v) is 3.77. The Hall–Kier alpha value is -2.68. The van der Waals surface area contributed by atoms with Crippen LogP contribution in [0.3, 0.4) is 0 Å². The smallest absolute Gasteiger partial charge is 0.341 e. The van der Waals surface area contributed by atoms with E-state index in [-0.39, 0.29) is 11.5 Å². The Morgan fingerprint density at radius 2 is 1.68 bits per heavy atom. The van der Waals surface area contributed by atoms with Gasteiger partial charge in [0.25, 0.3) is 5.91 Å². The minimum atomic E-state index is -4.66. The van der Waals surface area contributed by atoms with Crippen LogP contribution in [0.25, 0.3) is 0 Å². The van der Waals surface area contributed by atoms with E-state index in [0.29, 0.717) is 26.2 Å². The van der Waals surface area contributed by atoms with Gasteiger partial charge < -0.3 is 14.5 Å². The highest BCUT2D eigenvalue weighted by atomic mass is 32.2. The van der Waals surface area contributed by atoms with Crippen molar-refractivity contribution in [2.24, 2.45) is 0 Å². The Morgan fingerprint density at radius 1 is 1.04 bits per heavy atom. The molecule has 1 fully saturated rings. The average Bonchev–Trinajstić information content (AvgIpc) is 2.73. The van der Waals surface area contributed by atoms with Crippen molar-refractivity contribution in [3.8, 4) is 5.75 Å². The number of alkyl halides is 2. The van der Waals surface area contributed by atoms with E-state index in [1.807, 2.05) is 24.3 Å². The van der Waals surface area contributed by atoms with Crippen LogP contribution >= 0.6 is 0 Å². The number of carbonyl (C=O) groups is 1. The second-order valence-electron chi connectivity index (χ2n) is 6.31. The first-order chi connectivity index (χ1) is 13.3. The zero-order valence-corrected chi connectivity index (χ0v) is 16.0. The standard InChI is InChI=1S/C19H20F2N2O4S/c1-27-16-4-2-3-15(13-16)22-9-11-23(12-10-22)18(24)14-5-7-17(8-6-14)28(25,26)19(20)21/h2-8,13,19H,9-12H2,1H3. The molecule has 0 atom stereocenters. The molecule has 0 spiro atoms. The van der Waals surface area contributed by atoms with Crippen LogP contribution < -0.4 is 9.64 Å². The maximum absolute atomic E-state index is 12.6. The summed E-state index contributed by atoms with van der Waals surface area (Å²) >= 11 is 0. The third-order valence-corrected chi connectivity index (χ3v) is 6.05. The minimum absolute atomic E-state index is 0.258. The molecule has 6 nitrogen and oxygen atoms in total. The van der Waals surface area contributed by atoms with Crippen LogP contribution in [0.2, 0.25) is 0 Å². The molecule has 150 valence electrons. The van der Waals surface area contributed by atoms with Crippen LogP contribution in [0.15, 0.2) is 53.4 Å². The predicted octanol–water partition coefficient (Wildman–Crippen LogP) is 2.65. The van der Waals surface area contributed by atoms with E-state index in [2.05, 4.69) is 4.90 Å². The van der Waals surface area contributed by atoms with Gasteiger partial charge in [-0.15, -0.1) is 0 Å². The molecule has 0 aliphatic carbocycles. The fourth-order valence-electron chi connectivity index (χ4n) is 3.05. The van der Waals surface area contributed by atoms with Crippen molar-refractivity contribution in [3.05, 3.63) is 54.1 Å². The van der Waals surface area contributed by atoms with Gasteiger partial charge >= 0.3 is 5.76 Å². The average molecular weight is 410 g/mol. The third-order valence-electron chi connectivity index (χ3n) is 4.65. The Morgan fingerprint density at radius 3 is 2.25 bits per heavy atom. The number of carbonyl (C=O) groups excluding carboxylic acids is 1. The molecule has 0 bridgehead atoms. The molecule has 1 aliphatic rings. The maximum atomic E-state index is 12.6. The molecular weight excluding hydrogens is 390 g/mol. The molecule has 1 aliphatic heterocycles. The summed E-state index contributed by atoms with van der Waals surface area (Å²) in [7, 11) is -3.06. The quantitative estimate of drug-likeness (QED) is 0.758. The van der Waals surface area contributed by atoms with Gasteiger partial charge in [-0.3, -0.25) is 4.79 Å². The van der Waals surface area contributed by atoms with Gasteiger partial charge in [0.05, 0.1) is 12.0 Å². The number of anilines is 1. The van der Waals surface area contributed by atoms with E-state index in [9.17, 15) is 22.0 Å². The molecule has 1 amide bonds. The van der Waals surface area contributed by atoms with Gasteiger partial charge in [0.15, 0.2) is 0 Å². The minimum Gasteiger partial charge on any atom is -0.497 e. The molecule has 0 N–H and O–H groups in total. The lowest BCUT2D eigenvalue weighted by Gasteiger charge is -2.36. The first-order valence-corrected chi connectivity index (χ1v) is 10.2. The van der Waals surface area contributed by atoms with Crippen LogP contribution in [0.1, 0.15) is 10.4 Å². The number of ether oxygens (including phenoxy) is 1. The van der Waals surface area contributed by atoms with Gasteiger partial charge in [0.2, 0.25) is 9.84 Å². The van der Waals surface area contributed by atoms with Crippen LogP contribution in [0.5, 0.6) is 5.75 Å². The van der Waals surface area contributed by atoms with Crippen molar-refractivity contribution in [3.63, 3.8) is 0 Å². The van der Waals surface area contributed by atoms with Gasteiger partial charge in [0.1, 0.15) is 5.75 Å². The van der Waals surface area contributed by atoms with E-state index in [0.717, 1.165) is 23.6 Å². The van der Waals surface area contributed by atoms with E-state index in [4.69, 9.17) is 4.74 Å². The summed E-state index contributed by atoms with van der Waals surface area (Å²) in [6.45, 7) is 2.26. The summed E-state index contributed by atoms with van der Waals surface area (Å²) in [5.74, 6) is -2.99. The van der Waals surface area contributed by atoms with Crippen molar-refractivity contribution in [1.82, 2.24) is 4.90 Å². The molecule has 2 aromatic carbocycles. The van der Waals surface area contributed by atoms with Crippen LogP contribution in [-0.2, 0) is 9.84 Å². The highest BCUT2D eigenvalue weighted by Gasteiger charge is 2.27. The number of rotatable bonds is 5. The number of hydrogen-bond donors (Lipinski definition) is 0. The molecular formula is C19H20F2N2O4S. The van der Waals surface area contributed by atoms with E-state index < -0.39 is 20.5 Å². The second kappa shape index (κ2) is 8.14. The van der Waals surface area contributed by atoms with Gasteiger partial charge in [-0.05, 0) is 36.4 Å². The molecule has 1 saturated heterocycles. The fraction of sp³-hybridized carbons (Fsp3) is 0.316. The van der Waals surface area contributed by atoms with Gasteiger partial charge in [-0.25, -0.2) is 8.42 Å². The number of amides is 1. The lowest BCUT2D eigenvalue weighted by atomic mass is 10.1. The normalized spacial score (nSPS) is 15.0. The van der Waals surface area contributed by atoms with Crippen molar-refractivity contribution in [2.45, 2.75) is 10.7 Å². The summed E-state index contributed by atoms with van der Waals surface area (Å²) in [6.07, 6.45) is 0. The number of halogens is 2. The molecule has 2 aromatic rings. The highest BCUT2D eigenvalue weighted by Crippen LogP contribution is 2.23. The summed E-state index contributed by atoms with van der Waals surface area (Å²) in [4.78, 5) is 15.9. The molecule has 28 heavy (non-hydrogen) atoms. The van der Waals surface area contributed by atoms with Crippen molar-refractivity contribution in [2.75, 3.05) is 38.2 Å². The monoisotopic (exact) mass is 410 g/mol. The van der Waals surface area contributed by atoms with E-state index in [1.54, 1.807) is 12.0 Å². The topological polar surface area (TPSA) is 66.9 Å². The number of methoxy groups -OCH3 is 1. The number of sulfone groups is 1. The summed E-state index contributed by atoms with van der Waals surface area (Å²) < 4.78 is 53.4. The molecule has 3 rings (SSSR count). The Kier molecular flexibility index (Phi) is 5.83. The Bertz CT molecular complexity index is 941. The van der Waals surface area contributed by atoms with Crippen LogP contribution in [-0.4, -0.2) is 58.3 Å². The van der Waals surface area contributed by atoms with Crippen LogP contribution in [0, 0.1) is 0 Å². The lowest BCUT2D eigenvalue weighted by Crippen LogP contribution is -2.48. The van der Waals surface area contributed by atoms with Crippen molar-refractivity contribution in [1.29, 1.82) is 0 Å². The number of hydrogen-bond acceptors (Lipinski definition) is 5. The number of piperazine rings is 1. The molecule has 0 saturated carbocycles.